The molecule has 210 valence electrons. The summed E-state index contributed by atoms with van der Waals surface area (Å²) in [5.41, 5.74) is 1.39. The molecule has 9 nitrogen and oxygen atoms in total. The number of hydrogen-bond acceptors (Lipinski definition) is 6. The lowest BCUT2D eigenvalue weighted by molar-refractivity contribution is -0.125. The average molecular weight is 564 g/mol. The minimum atomic E-state index is -3.57. The second-order valence-electron chi connectivity index (χ2n) is 9.89. The fraction of sp³-hybridized carbons (Fsp3) is 0.333. The predicted octanol–water partition coefficient (Wildman–Crippen LogP) is 4.70. The number of piperidine rings is 1. The van der Waals surface area contributed by atoms with Crippen molar-refractivity contribution in [2.45, 2.75) is 43.6 Å². The summed E-state index contributed by atoms with van der Waals surface area (Å²) >= 11 is 0. The number of hydrogen-bond donors (Lipinski definition) is 1. The number of amides is 2. The predicted molar refractivity (Wildman–Crippen MR) is 152 cm³/mol. The summed E-state index contributed by atoms with van der Waals surface area (Å²) in [5, 5.41) is 2.85. The van der Waals surface area contributed by atoms with Crippen LogP contribution in [0.5, 0.6) is 11.5 Å². The average Bonchev–Trinajstić information content (AvgIpc) is 2.98. The van der Waals surface area contributed by atoms with Gasteiger partial charge in [0.2, 0.25) is 10.0 Å². The summed E-state index contributed by atoms with van der Waals surface area (Å²) in [5.74, 6) is 0.773. The third-order valence-corrected chi connectivity index (χ3v) is 8.95. The Kier molecular flexibility index (Phi) is 8.37. The van der Waals surface area contributed by atoms with Crippen molar-refractivity contribution < 1.29 is 27.5 Å². The summed E-state index contributed by atoms with van der Waals surface area (Å²) in [4.78, 5) is 27.8. The lowest BCUT2D eigenvalue weighted by Gasteiger charge is -2.33. The molecule has 0 spiro atoms. The number of para-hydroxylation sites is 1. The van der Waals surface area contributed by atoms with E-state index in [4.69, 9.17) is 9.47 Å². The van der Waals surface area contributed by atoms with E-state index in [0.717, 1.165) is 25.0 Å². The molecule has 0 aliphatic carbocycles. The van der Waals surface area contributed by atoms with Gasteiger partial charge in [-0.25, -0.2) is 8.42 Å². The van der Waals surface area contributed by atoms with E-state index >= 15 is 0 Å². The molecule has 2 aliphatic heterocycles. The van der Waals surface area contributed by atoms with Crippen LogP contribution in [0.4, 0.5) is 11.4 Å². The zero-order valence-electron chi connectivity index (χ0n) is 22.4. The Morgan fingerprint density at radius 3 is 2.45 bits per heavy atom. The maximum atomic E-state index is 13.0. The van der Waals surface area contributed by atoms with Crippen LogP contribution in [0.3, 0.4) is 0 Å². The fourth-order valence-corrected chi connectivity index (χ4v) is 6.40. The van der Waals surface area contributed by atoms with Crippen molar-refractivity contribution in [2.24, 2.45) is 0 Å². The Hall–Kier alpha value is -3.89. The minimum absolute atomic E-state index is 0.166. The monoisotopic (exact) mass is 563 g/mol. The highest BCUT2D eigenvalue weighted by molar-refractivity contribution is 7.89. The molecule has 10 heteroatoms. The van der Waals surface area contributed by atoms with E-state index in [2.05, 4.69) is 5.32 Å². The van der Waals surface area contributed by atoms with Gasteiger partial charge >= 0.3 is 0 Å². The molecule has 5 rings (SSSR count). The number of anilines is 2. The van der Waals surface area contributed by atoms with Crippen molar-refractivity contribution in [2.75, 3.05) is 36.5 Å². The molecule has 1 saturated heterocycles. The van der Waals surface area contributed by atoms with Crippen LogP contribution in [0, 0.1) is 0 Å². The molecule has 1 N–H and O–H groups in total. The van der Waals surface area contributed by atoms with Crippen LogP contribution >= 0.6 is 0 Å². The highest BCUT2D eigenvalue weighted by Crippen LogP contribution is 2.36. The zero-order valence-corrected chi connectivity index (χ0v) is 23.2. The maximum Gasteiger partial charge on any atom is 0.267 e. The number of benzene rings is 3. The smallest absolute Gasteiger partial charge is 0.267 e. The van der Waals surface area contributed by atoms with Crippen LogP contribution in [-0.4, -0.2) is 56.9 Å². The zero-order chi connectivity index (χ0) is 28.1. The summed E-state index contributed by atoms with van der Waals surface area (Å²) in [6.07, 6.45) is 2.73. The molecule has 0 bridgehead atoms. The Balaban J connectivity index is 1.25. The highest BCUT2D eigenvalue weighted by atomic mass is 32.2. The molecule has 0 radical (unpaired) electrons. The normalized spacial score (nSPS) is 17.6. The topological polar surface area (TPSA) is 105 Å². The van der Waals surface area contributed by atoms with E-state index in [-0.39, 0.29) is 16.7 Å². The number of sulfonamides is 1. The van der Waals surface area contributed by atoms with Gasteiger partial charge in [-0.15, -0.1) is 0 Å². The summed E-state index contributed by atoms with van der Waals surface area (Å²) in [6, 6.07) is 20.6. The molecule has 2 heterocycles. The van der Waals surface area contributed by atoms with E-state index in [0.29, 0.717) is 55.3 Å². The summed E-state index contributed by atoms with van der Waals surface area (Å²) < 4.78 is 38.9. The minimum Gasteiger partial charge on any atom is -0.494 e. The Morgan fingerprint density at radius 2 is 1.73 bits per heavy atom. The van der Waals surface area contributed by atoms with Gasteiger partial charge < -0.3 is 19.7 Å². The van der Waals surface area contributed by atoms with Crippen molar-refractivity contribution >= 4 is 33.2 Å². The molecule has 1 fully saturated rings. The molecule has 3 aromatic carbocycles. The fourth-order valence-electron chi connectivity index (χ4n) is 4.88. The molecule has 0 aromatic heterocycles. The molecule has 2 aliphatic rings. The first-order valence-corrected chi connectivity index (χ1v) is 15.0. The Bertz CT molecular complexity index is 1450. The third-order valence-electron chi connectivity index (χ3n) is 7.03. The quantitative estimate of drug-likeness (QED) is 0.379. The molecular weight excluding hydrogens is 530 g/mol. The second kappa shape index (κ2) is 12.1. The lowest BCUT2D eigenvalue weighted by Crippen LogP contribution is -2.45. The number of carbonyl (C=O) groups is 2. The van der Waals surface area contributed by atoms with E-state index < -0.39 is 16.1 Å². The number of nitrogens with zero attached hydrogens (tertiary/aromatic N) is 2. The van der Waals surface area contributed by atoms with E-state index in [9.17, 15) is 18.0 Å². The standard InChI is InChI=1S/C30H33N3O6S/c1-22-30(35)33(19-8-20-38-25-9-4-2-5-10-25)27-21-24(13-16-28(27)39-22)31-29(34)23-11-14-26(15-12-23)40(36,37)32-17-6-3-7-18-32/h2,4-5,9-16,21-22H,3,6-8,17-20H2,1H3,(H,31,34). The van der Waals surface area contributed by atoms with Crippen LogP contribution in [-0.2, 0) is 14.8 Å². The number of carbonyl (C=O) groups excluding carboxylic acids is 2. The van der Waals surface area contributed by atoms with Crippen molar-refractivity contribution in [1.29, 1.82) is 0 Å². The molecule has 1 unspecified atom stereocenters. The van der Waals surface area contributed by atoms with Gasteiger partial charge in [0.05, 0.1) is 17.2 Å². The summed E-state index contributed by atoms with van der Waals surface area (Å²) in [7, 11) is -3.57. The van der Waals surface area contributed by atoms with Crippen molar-refractivity contribution in [1.82, 2.24) is 4.31 Å². The molecule has 2 amide bonds. The Labute approximate surface area is 234 Å². The first kappa shape index (κ1) is 27.7. The highest BCUT2D eigenvalue weighted by Gasteiger charge is 2.31. The first-order valence-electron chi connectivity index (χ1n) is 13.5. The largest absolute Gasteiger partial charge is 0.494 e. The van der Waals surface area contributed by atoms with Crippen LogP contribution in [0.1, 0.15) is 43.0 Å². The van der Waals surface area contributed by atoms with Gasteiger partial charge in [0.15, 0.2) is 6.10 Å². The van der Waals surface area contributed by atoms with Gasteiger partial charge in [-0.2, -0.15) is 4.31 Å². The first-order chi connectivity index (χ1) is 19.3. The van der Waals surface area contributed by atoms with Gasteiger partial charge in [-0.1, -0.05) is 24.6 Å². The van der Waals surface area contributed by atoms with Crippen LogP contribution in [0.2, 0.25) is 0 Å². The number of rotatable bonds is 9. The van der Waals surface area contributed by atoms with Crippen molar-refractivity contribution in [3.8, 4) is 11.5 Å². The van der Waals surface area contributed by atoms with Gasteiger partial charge in [0.1, 0.15) is 11.5 Å². The van der Waals surface area contributed by atoms with E-state index in [1.165, 1.54) is 28.6 Å². The van der Waals surface area contributed by atoms with E-state index in [1.54, 1.807) is 30.0 Å². The molecule has 0 saturated carbocycles. The number of fused-ring (bicyclic) bond motifs is 1. The van der Waals surface area contributed by atoms with Gasteiger partial charge in [-0.3, -0.25) is 9.59 Å². The van der Waals surface area contributed by atoms with Gasteiger partial charge in [0.25, 0.3) is 11.8 Å². The Morgan fingerprint density at radius 1 is 1.00 bits per heavy atom. The van der Waals surface area contributed by atoms with Crippen LogP contribution < -0.4 is 19.7 Å². The number of nitrogens with one attached hydrogen (secondary N) is 1. The third kappa shape index (κ3) is 6.13. The van der Waals surface area contributed by atoms with Crippen molar-refractivity contribution in [3.63, 3.8) is 0 Å². The lowest BCUT2D eigenvalue weighted by atomic mass is 10.1. The number of ether oxygens (including phenoxy) is 2. The summed E-state index contributed by atoms with van der Waals surface area (Å²) in [6.45, 7) is 3.62. The van der Waals surface area contributed by atoms with Crippen LogP contribution in [0.25, 0.3) is 0 Å². The van der Waals surface area contributed by atoms with Gasteiger partial charge in [0, 0.05) is 30.9 Å². The molecular formula is C30H33N3O6S. The molecule has 40 heavy (non-hydrogen) atoms. The van der Waals surface area contributed by atoms with Gasteiger partial charge in [-0.05, 0) is 80.8 Å². The SMILES string of the molecule is CC1Oc2ccc(NC(=O)c3ccc(S(=O)(=O)N4CCCCC4)cc3)cc2N(CCCOc2ccccc2)C1=O. The van der Waals surface area contributed by atoms with E-state index in [1.807, 2.05) is 30.3 Å². The maximum absolute atomic E-state index is 13.0. The van der Waals surface area contributed by atoms with Crippen LogP contribution in [0.15, 0.2) is 77.7 Å². The molecule has 3 aromatic rings. The molecule has 1 atom stereocenters. The van der Waals surface area contributed by atoms with Crippen molar-refractivity contribution in [3.05, 3.63) is 78.4 Å². The second-order valence-corrected chi connectivity index (χ2v) is 11.8.